The van der Waals surface area contributed by atoms with Gasteiger partial charge in [0.15, 0.2) is 0 Å². The van der Waals surface area contributed by atoms with Crippen LogP contribution in [0.1, 0.15) is 60.9 Å². The molecule has 1 aliphatic carbocycles. The zero-order valence-electron chi connectivity index (χ0n) is 24.0. The normalized spacial score (nSPS) is 24.6. The van der Waals surface area contributed by atoms with Gasteiger partial charge in [-0.3, -0.25) is 9.59 Å². The summed E-state index contributed by atoms with van der Waals surface area (Å²) in [5.74, 6) is -3.68. The Hall–Kier alpha value is -3.60. The lowest BCUT2D eigenvalue weighted by atomic mass is 9.70. The minimum atomic E-state index is -5.11. The number of carbonyl (C=O) groups is 2. The summed E-state index contributed by atoms with van der Waals surface area (Å²) < 4.78 is 87.0. The van der Waals surface area contributed by atoms with Crippen LogP contribution in [-0.2, 0) is 26.7 Å². The van der Waals surface area contributed by atoms with Crippen LogP contribution in [0.5, 0.6) is 5.75 Å². The number of halogens is 6. The molecule has 1 N–H and O–H groups in total. The number of nitrogens with zero attached hydrogens (tertiary/aromatic N) is 1. The molecule has 2 saturated heterocycles. The molecule has 2 amide bonds. The van der Waals surface area contributed by atoms with Gasteiger partial charge in [-0.1, -0.05) is 17.2 Å². The number of benzene rings is 2. The van der Waals surface area contributed by atoms with Crippen LogP contribution >= 0.6 is 0 Å². The van der Waals surface area contributed by atoms with Crippen molar-refractivity contribution in [1.82, 2.24) is 0 Å². The third kappa shape index (κ3) is 5.71. The minimum absolute atomic E-state index is 0.0266. The Balaban J connectivity index is 1.38. The number of phenols is 1. The van der Waals surface area contributed by atoms with Gasteiger partial charge >= 0.3 is 12.4 Å². The van der Waals surface area contributed by atoms with Crippen molar-refractivity contribution in [3.63, 3.8) is 0 Å². The number of phenolic OH excluding ortho intramolecular Hbond substituents is 1. The number of aromatic hydroxyl groups is 1. The fraction of sp³-hybridized carbons (Fsp3) is 0.438. The van der Waals surface area contributed by atoms with Gasteiger partial charge < -0.3 is 9.84 Å². The van der Waals surface area contributed by atoms with Crippen molar-refractivity contribution in [3.8, 4) is 5.75 Å². The van der Waals surface area contributed by atoms with Gasteiger partial charge in [0.25, 0.3) is 0 Å². The summed E-state index contributed by atoms with van der Waals surface area (Å²) >= 11 is 0. The molecule has 4 atom stereocenters. The number of hydrogen-bond donors (Lipinski definition) is 1. The number of anilines is 1. The number of imide groups is 1. The van der Waals surface area contributed by atoms with E-state index in [1.807, 2.05) is 45.9 Å². The largest absolute Gasteiger partial charge is 0.507 e. The zero-order valence-corrected chi connectivity index (χ0v) is 24.0. The van der Waals surface area contributed by atoms with E-state index in [2.05, 4.69) is 0 Å². The summed E-state index contributed by atoms with van der Waals surface area (Å²) in [5, 5.41) is 10.0. The first kappa shape index (κ1) is 30.8. The van der Waals surface area contributed by atoms with Crippen LogP contribution in [0.4, 0.5) is 32.0 Å². The average molecular weight is 608 g/mol. The maximum Gasteiger partial charge on any atom is 0.416 e. The van der Waals surface area contributed by atoms with Crippen LogP contribution in [0.15, 0.2) is 47.1 Å². The molecule has 5 rings (SSSR count). The molecule has 0 spiro atoms. The fourth-order valence-electron chi connectivity index (χ4n) is 6.74. The highest BCUT2D eigenvalue weighted by Crippen LogP contribution is 2.51. The lowest BCUT2D eigenvalue weighted by Crippen LogP contribution is -2.34. The van der Waals surface area contributed by atoms with Crippen molar-refractivity contribution in [1.29, 1.82) is 0 Å². The molecule has 43 heavy (non-hydrogen) atoms. The van der Waals surface area contributed by atoms with Gasteiger partial charge in [-0.25, -0.2) is 4.90 Å². The van der Waals surface area contributed by atoms with Gasteiger partial charge in [0, 0.05) is 5.92 Å². The molecule has 0 bridgehead atoms. The molecule has 0 saturated carbocycles. The Morgan fingerprint density at radius 2 is 1.51 bits per heavy atom. The van der Waals surface area contributed by atoms with Crippen molar-refractivity contribution in [3.05, 3.63) is 74.9 Å². The molecule has 230 valence electrons. The molecule has 2 aromatic carbocycles. The second kappa shape index (κ2) is 10.8. The number of amides is 2. The van der Waals surface area contributed by atoms with Gasteiger partial charge in [0.2, 0.25) is 11.8 Å². The Kier molecular flexibility index (Phi) is 7.77. The van der Waals surface area contributed by atoms with Crippen LogP contribution in [-0.4, -0.2) is 29.6 Å². The maximum absolute atomic E-state index is 13.6. The SMILES string of the molecule is CC1=C2[C@@H](CC/C(C)=C/c3cc(C)c(O)c(C)c3)OC[C@@H]2[C@@H]2C(=O)N(c3cc(C(F)(F)F)cc(C(F)(F)F)c3)C(=O)[C@@H]2C1. The Morgan fingerprint density at radius 1 is 0.930 bits per heavy atom. The molecule has 5 nitrogen and oxygen atoms in total. The number of hydrogen-bond acceptors (Lipinski definition) is 4. The van der Waals surface area contributed by atoms with E-state index < -0.39 is 58.7 Å². The number of aryl methyl sites for hydroxylation is 2. The predicted molar refractivity (Wildman–Crippen MR) is 147 cm³/mol. The minimum Gasteiger partial charge on any atom is -0.507 e. The predicted octanol–water partition coefficient (Wildman–Crippen LogP) is 7.77. The Bertz CT molecular complexity index is 1500. The van der Waals surface area contributed by atoms with Crippen LogP contribution in [0, 0.1) is 31.6 Å². The highest BCUT2D eigenvalue weighted by atomic mass is 19.4. The number of carbonyl (C=O) groups excluding carboxylic acids is 2. The van der Waals surface area contributed by atoms with E-state index in [0.29, 0.717) is 29.9 Å². The zero-order chi connectivity index (χ0) is 31.6. The molecule has 2 aliphatic heterocycles. The Morgan fingerprint density at radius 3 is 2.07 bits per heavy atom. The van der Waals surface area contributed by atoms with E-state index in [0.717, 1.165) is 33.4 Å². The molecule has 11 heteroatoms. The van der Waals surface area contributed by atoms with Gasteiger partial charge in [0.1, 0.15) is 5.75 Å². The number of allylic oxidation sites excluding steroid dienone is 2. The standard InChI is InChI=1S/C32H31F6NO4/c1-15(7-19-8-17(3)28(40)18(4)9-19)5-6-25-26-16(2)10-23-27(24(26)14-43-25)30(42)39(29(23)41)22-12-20(31(33,34)35)11-21(13-22)32(36,37)38/h7-9,11-13,23-25,27,40H,5-6,10,14H2,1-4H3/b15-7+/t23-,24+,25-,27-/m1/s1. The molecular weight excluding hydrogens is 576 g/mol. The second-order valence-corrected chi connectivity index (χ2v) is 11.8. The first-order chi connectivity index (χ1) is 20.0. The van der Waals surface area contributed by atoms with E-state index in [-0.39, 0.29) is 30.9 Å². The summed E-state index contributed by atoms with van der Waals surface area (Å²) in [6.07, 6.45) is -7.12. The highest BCUT2D eigenvalue weighted by Gasteiger charge is 2.57. The van der Waals surface area contributed by atoms with Crippen LogP contribution in [0.3, 0.4) is 0 Å². The van der Waals surface area contributed by atoms with E-state index in [1.54, 1.807) is 0 Å². The lowest BCUT2D eigenvalue weighted by molar-refractivity contribution is -0.143. The van der Waals surface area contributed by atoms with Crippen LogP contribution < -0.4 is 4.90 Å². The van der Waals surface area contributed by atoms with Crippen molar-refractivity contribution >= 4 is 23.6 Å². The van der Waals surface area contributed by atoms with Gasteiger partial charge in [-0.15, -0.1) is 0 Å². The molecular formula is C32H31F6NO4. The number of rotatable bonds is 5. The quantitative estimate of drug-likeness (QED) is 0.214. The van der Waals surface area contributed by atoms with Crippen molar-refractivity contribution in [2.75, 3.05) is 11.5 Å². The summed E-state index contributed by atoms with van der Waals surface area (Å²) in [7, 11) is 0. The van der Waals surface area contributed by atoms with Gasteiger partial charge in [-0.05, 0) is 99.6 Å². The molecule has 3 aliphatic rings. The Labute approximate surface area is 244 Å². The molecule has 2 aromatic rings. The highest BCUT2D eigenvalue weighted by molar-refractivity contribution is 6.22. The number of ether oxygens (including phenoxy) is 1. The average Bonchev–Trinajstić information content (AvgIpc) is 3.43. The fourth-order valence-corrected chi connectivity index (χ4v) is 6.74. The molecule has 0 aromatic heterocycles. The van der Waals surface area contributed by atoms with Gasteiger partial charge in [0.05, 0.1) is 41.4 Å². The van der Waals surface area contributed by atoms with E-state index in [9.17, 15) is 41.0 Å². The van der Waals surface area contributed by atoms with Crippen molar-refractivity contribution in [2.45, 2.75) is 65.4 Å². The summed E-state index contributed by atoms with van der Waals surface area (Å²) in [5.41, 5.74) is 1.36. The monoisotopic (exact) mass is 607 g/mol. The third-order valence-electron chi connectivity index (χ3n) is 8.71. The van der Waals surface area contributed by atoms with E-state index >= 15 is 0 Å². The topological polar surface area (TPSA) is 66.8 Å². The van der Waals surface area contributed by atoms with Crippen molar-refractivity contribution in [2.24, 2.45) is 17.8 Å². The molecule has 2 heterocycles. The summed E-state index contributed by atoms with van der Waals surface area (Å²) in [6, 6.07) is 4.59. The van der Waals surface area contributed by atoms with Gasteiger partial charge in [-0.2, -0.15) is 26.3 Å². The number of fused-ring (bicyclic) bond motifs is 3. The molecule has 2 fully saturated rings. The molecule has 0 radical (unpaired) electrons. The van der Waals surface area contributed by atoms with Crippen LogP contribution in [0.2, 0.25) is 0 Å². The third-order valence-corrected chi connectivity index (χ3v) is 8.71. The summed E-state index contributed by atoms with van der Waals surface area (Å²) in [4.78, 5) is 27.5. The van der Waals surface area contributed by atoms with Crippen molar-refractivity contribution < 1.29 is 45.8 Å². The lowest BCUT2D eigenvalue weighted by Gasteiger charge is -2.30. The maximum atomic E-state index is 13.6. The smallest absolute Gasteiger partial charge is 0.416 e. The van der Waals surface area contributed by atoms with Crippen LogP contribution in [0.25, 0.3) is 6.08 Å². The molecule has 0 unspecified atom stereocenters. The van der Waals surface area contributed by atoms with E-state index in [4.69, 9.17) is 4.74 Å². The first-order valence-electron chi connectivity index (χ1n) is 13.9. The summed E-state index contributed by atoms with van der Waals surface area (Å²) in [6.45, 7) is 7.58. The second-order valence-electron chi connectivity index (χ2n) is 11.8. The first-order valence-corrected chi connectivity index (χ1v) is 13.9. The number of alkyl halides is 6. The van der Waals surface area contributed by atoms with E-state index in [1.165, 1.54) is 0 Å².